The van der Waals surface area contributed by atoms with Crippen molar-refractivity contribution in [2.24, 2.45) is 5.92 Å². The summed E-state index contributed by atoms with van der Waals surface area (Å²) in [6.07, 6.45) is 1.97. The fourth-order valence-electron chi connectivity index (χ4n) is 2.72. The van der Waals surface area contributed by atoms with Crippen molar-refractivity contribution < 1.29 is 9.53 Å². The molecule has 0 saturated heterocycles. The van der Waals surface area contributed by atoms with Crippen LogP contribution in [-0.2, 0) is 9.53 Å². The van der Waals surface area contributed by atoms with Gasteiger partial charge in [0.25, 0.3) is 0 Å². The highest BCUT2D eigenvalue weighted by atomic mass is 35.5. The monoisotopic (exact) mass is 560 g/mol. The van der Waals surface area contributed by atoms with Gasteiger partial charge in [-0.1, -0.05) is 74.5 Å². The number of alkyl halides is 2. The molecule has 0 radical (unpaired) electrons. The molecule has 2 rings (SSSR count). The molecule has 2 unspecified atom stereocenters. The van der Waals surface area contributed by atoms with Gasteiger partial charge in [0.1, 0.15) is 5.60 Å². The second kappa shape index (κ2) is 20.7. The lowest BCUT2D eigenvalue weighted by atomic mass is 10.1. The molecular weight excluding hydrogens is 515 g/mol. The van der Waals surface area contributed by atoms with E-state index < -0.39 is 0 Å². The lowest BCUT2D eigenvalue weighted by molar-refractivity contribution is -0.158. The summed E-state index contributed by atoms with van der Waals surface area (Å²) >= 11 is 12.4. The van der Waals surface area contributed by atoms with Gasteiger partial charge in [0.15, 0.2) is 0 Å². The van der Waals surface area contributed by atoms with E-state index in [0.29, 0.717) is 0 Å². The van der Waals surface area contributed by atoms with Gasteiger partial charge in [-0.05, 0) is 79.0 Å². The smallest absolute Gasteiger partial charge is 0.308 e. The number of nitrogens with zero attached hydrogens (tertiary/aromatic N) is 1. The quantitative estimate of drug-likeness (QED) is 0.249. The number of rotatable bonds is 9. The number of carbonyl (C=O) groups excluding carboxylic acids is 1. The molecule has 0 aliphatic carbocycles. The molecular formula is C29H47Cl3N2O2. The SMILES string of the molecule is CC(C)C(=O)OC(C)(C)C.CN(C)CCC(Cl)c1ccccc1.CNCCC(Cl)c1ccccc1.Cl. The van der Waals surface area contributed by atoms with Crippen LogP contribution in [0.2, 0.25) is 0 Å². The van der Waals surface area contributed by atoms with Crippen LogP contribution in [0.25, 0.3) is 0 Å². The van der Waals surface area contributed by atoms with Crippen molar-refractivity contribution >= 4 is 41.6 Å². The topological polar surface area (TPSA) is 41.6 Å². The molecule has 0 aliphatic heterocycles. The summed E-state index contributed by atoms with van der Waals surface area (Å²) in [5.41, 5.74) is 2.07. The summed E-state index contributed by atoms with van der Waals surface area (Å²) < 4.78 is 5.06. The van der Waals surface area contributed by atoms with Gasteiger partial charge in [-0.3, -0.25) is 4.79 Å². The van der Waals surface area contributed by atoms with E-state index in [4.69, 9.17) is 27.9 Å². The predicted octanol–water partition coefficient (Wildman–Crippen LogP) is 7.90. The zero-order valence-electron chi connectivity index (χ0n) is 23.3. The Kier molecular flexibility index (Phi) is 21.2. The molecule has 0 aromatic heterocycles. The lowest BCUT2D eigenvalue weighted by Gasteiger charge is -2.20. The van der Waals surface area contributed by atoms with E-state index in [2.05, 4.69) is 48.6 Å². The summed E-state index contributed by atoms with van der Waals surface area (Å²) in [5.74, 6) is -0.160. The first kappa shape index (κ1) is 36.9. The maximum absolute atomic E-state index is 10.9. The molecule has 0 saturated carbocycles. The summed E-state index contributed by atoms with van der Waals surface area (Å²) in [6, 6.07) is 20.4. The Bertz CT molecular complexity index is 782. The summed E-state index contributed by atoms with van der Waals surface area (Å²) in [5, 5.41) is 3.36. The van der Waals surface area contributed by atoms with Gasteiger partial charge in [-0.2, -0.15) is 0 Å². The maximum atomic E-state index is 10.9. The third-order valence-electron chi connectivity index (χ3n) is 4.68. The van der Waals surface area contributed by atoms with E-state index in [0.717, 1.165) is 25.9 Å². The molecule has 0 spiro atoms. The van der Waals surface area contributed by atoms with Crippen molar-refractivity contribution in [1.82, 2.24) is 10.2 Å². The average molecular weight is 562 g/mol. The predicted molar refractivity (Wildman–Crippen MR) is 160 cm³/mol. The number of benzene rings is 2. The minimum Gasteiger partial charge on any atom is -0.460 e. The molecule has 2 atom stereocenters. The Morgan fingerprint density at radius 3 is 1.61 bits per heavy atom. The molecule has 0 aliphatic rings. The van der Waals surface area contributed by atoms with E-state index in [9.17, 15) is 4.79 Å². The Labute approximate surface area is 236 Å². The normalized spacial score (nSPS) is 12.3. The van der Waals surface area contributed by atoms with Crippen molar-refractivity contribution in [3.8, 4) is 0 Å². The van der Waals surface area contributed by atoms with Gasteiger partial charge in [-0.25, -0.2) is 0 Å². The van der Waals surface area contributed by atoms with Crippen LogP contribution < -0.4 is 5.32 Å². The second-order valence-corrected chi connectivity index (χ2v) is 11.0. The molecule has 0 heterocycles. The molecule has 0 fully saturated rings. The van der Waals surface area contributed by atoms with Crippen molar-refractivity contribution in [2.75, 3.05) is 34.2 Å². The van der Waals surface area contributed by atoms with E-state index in [1.807, 2.05) is 78.1 Å². The summed E-state index contributed by atoms with van der Waals surface area (Å²) in [4.78, 5) is 13.1. The number of hydrogen-bond acceptors (Lipinski definition) is 4. The lowest BCUT2D eigenvalue weighted by Crippen LogP contribution is -2.26. The molecule has 1 N–H and O–H groups in total. The Morgan fingerprint density at radius 1 is 0.889 bits per heavy atom. The molecule has 2 aromatic carbocycles. The minimum atomic E-state index is -0.346. The third-order valence-corrected chi connectivity index (χ3v) is 5.62. The Balaban J connectivity index is 0. The van der Waals surface area contributed by atoms with Crippen LogP contribution in [0.5, 0.6) is 0 Å². The third kappa shape index (κ3) is 19.8. The van der Waals surface area contributed by atoms with E-state index in [1.165, 1.54) is 11.1 Å². The first-order chi connectivity index (χ1) is 16.4. The highest BCUT2D eigenvalue weighted by molar-refractivity contribution is 6.21. The standard InChI is InChI=1S/C11H16ClN.C10H14ClN.C8H16O2.ClH/c1-13(2)9-8-11(12)10-6-4-3-5-7-10;1-12-8-7-10(11)9-5-3-2-4-6-9;1-6(2)7(9)10-8(3,4)5;/h3-7,11H,8-9H2,1-2H3;2-6,10,12H,7-8H2,1H3;6H,1-5H3;1H. The van der Waals surface area contributed by atoms with Crippen LogP contribution in [0.15, 0.2) is 60.7 Å². The number of hydrogen-bond donors (Lipinski definition) is 1. The van der Waals surface area contributed by atoms with E-state index >= 15 is 0 Å². The number of carbonyl (C=O) groups is 1. The molecule has 206 valence electrons. The largest absolute Gasteiger partial charge is 0.460 e. The molecule has 36 heavy (non-hydrogen) atoms. The molecule has 0 bridgehead atoms. The fourth-order valence-corrected chi connectivity index (χ4v) is 3.22. The van der Waals surface area contributed by atoms with Crippen molar-refractivity contribution in [3.05, 3.63) is 71.8 Å². The fraction of sp³-hybridized carbons (Fsp3) is 0.552. The Morgan fingerprint density at radius 2 is 1.31 bits per heavy atom. The zero-order valence-corrected chi connectivity index (χ0v) is 25.6. The van der Waals surface area contributed by atoms with Crippen LogP contribution in [0.4, 0.5) is 0 Å². The number of halogens is 3. The molecule has 7 heteroatoms. The average Bonchev–Trinajstić information content (AvgIpc) is 2.81. The van der Waals surface area contributed by atoms with Gasteiger partial charge in [-0.15, -0.1) is 35.6 Å². The Hall–Kier alpha value is -1.30. The van der Waals surface area contributed by atoms with Gasteiger partial charge in [0.2, 0.25) is 0 Å². The van der Waals surface area contributed by atoms with Crippen LogP contribution >= 0.6 is 35.6 Å². The van der Waals surface area contributed by atoms with Crippen LogP contribution in [0.1, 0.15) is 69.3 Å². The first-order valence-electron chi connectivity index (χ1n) is 12.3. The van der Waals surface area contributed by atoms with Crippen LogP contribution in [-0.4, -0.2) is 50.7 Å². The second-order valence-electron chi connectivity index (χ2n) is 9.93. The summed E-state index contributed by atoms with van der Waals surface area (Å²) in [6.45, 7) is 11.3. The van der Waals surface area contributed by atoms with Crippen molar-refractivity contribution in [3.63, 3.8) is 0 Å². The minimum absolute atomic E-state index is 0. The summed E-state index contributed by atoms with van der Waals surface area (Å²) in [7, 11) is 6.07. The van der Waals surface area contributed by atoms with Gasteiger partial charge in [0.05, 0.1) is 16.7 Å². The molecule has 4 nitrogen and oxygen atoms in total. The van der Waals surface area contributed by atoms with Gasteiger partial charge in [0, 0.05) is 0 Å². The first-order valence-corrected chi connectivity index (χ1v) is 13.1. The van der Waals surface area contributed by atoms with E-state index in [-0.39, 0.29) is 40.6 Å². The number of esters is 1. The van der Waals surface area contributed by atoms with Crippen LogP contribution in [0, 0.1) is 5.92 Å². The molecule has 0 amide bonds. The van der Waals surface area contributed by atoms with Crippen LogP contribution in [0.3, 0.4) is 0 Å². The zero-order chi connectivity index (χ0) is 26.9. The highest BCUT2D eigenvalue weighted by Crippen LogP contribution is 2.24. The van der Waals surface area contributed by atoms with Gasteiger partial charge >= 0.3 is 5.97 Å². The molecule has 2 aromatic rings. The van der Waals surface area contributed by atoms with Crippen molar-refractivity contribution in [2.45, 2.75) is 63.8 Å². The number of nitrogens with one attached hydrogen (secondary N) is 1. The highest BCUT2D eigenvalue weighted by Gasteiger charge is 2.18. The van der Waals surface area contributed by atoms with E-state index in [1.54, 1.807) is 0 Å². The number of ether oxygens (including phenoxy) is 1. The van der Waals surface area contributed by atoms with Crippen molar-refractivity contribution in [1.29, 1.82) is 0 Å². The van der Waals surface area contributed by atoms with Gasteiger partial charge < -0.3 is 15.0 Å². The maximum Gasteiger partial charge on any atom is 0.308 e.